The highest BCUT2D eigenvalue weighted by Gasteiger charge is 2.12. The van der Waals surface area contributed by atoms with Crippen LogP contribution >= 0.6 is 0 Å². The molecule has 3 nitrogen and oxygen atoms in total. The van der Waals surface area contributed by atoms with Crippen molar-refractivity contribution in [1.29, 1.82) is 5.41 Å². The second-order valence-corrected chi connectivity index (χ2v) is 5.02. The lowest BCUT2D eigenvalue weighted by Crippen LogP contribution is -2.30. The van der Waals surface area contributed by atoms with Gasteiger partial charge in [-0.15, -0.1) is 0 Å². The van der Waals surface area contributed by atoms with Crippen molar-refractivity contribution in [2.75, 3.05) is 19.6 Å². The third-order valence-electron chi connectivity index (χ3n) is 2.32. The van der Waals surface area contributed by atoms with Gasteiger partial charge in [0.2, 0.25) is 0 Å². The van der Waals surface area contributed by atoms with Crippen LogP contribution in [-0.2, 0) is 0 Å². The van der Waals surface area contributed by atoms with Gasteiger partial charge in [0.15, 0.2) is 0 Å². The Bertz CT molecular complexity index is 170. The first-order chi connectivity index (χ1) is 6.35. The zero-order valence-corrected chi connectivity index (χ0v) is 10.1. The SMILES string of the molecule is CCN(CCC(=N)N)CCC(C)(C)C. The van der Waals surface area contributed by atoms with E-state index in [1.54, 1.807) is 0 Å². The summed E-state index contributed by atoms with van der Waals surface area (Å²) in [5.41, 5.74) is 5.73. The number of nitrogens with one attached hydrogen (secondary N) is 1. The summed E-state index contributed by atoms with van der Waals surface area (Å²) in [6.45, 7) is 12.0. The molecule has 0 aliphatic rings. The van der Waals surface area contributed by atoms with Crippen LogP contribution in [0.4, 0.5) is 0 Å². The molecule has 0 aliphatic heterocycles. The first-order valence-electron chi connectivity index (χ1n) is 5.40. The highest BCUT2D eigenvalue weighted by Crippen LogP contribution is 2.18. The maximum atomic E-state index is 7.17. The quantitative estimate of drug-likeness (QED) is 0.508. The molecular formula is C11H25N3. The minimum atomic E-state index is 0.291. The fourth-order valence-corrected chi connectivity index (χ4v) is 1.20. The molecule has 0 atom stereocenters. The lowest BCUT2D eigenvalue weighted by Gasteiger charge is -2.25. The van der Waals surface area contributed by atoms with Crippen LogP contribution in [0.5, 0.6) is 0 Å². The van der Waals surface area contributed by atoms with Crippen LogP contribution < -0.4 is 5.73 Å². The van der Waals surface area contributed by atoms with Crippen molar-refractivity contribution in [3.63, 3.8) is 0 Å². The number of nitrogens with two attached hydrogens (primary N) is 1. The molecule has 3 heteroatoms. The van der Waals surface area contributed by atoms with E-state index in [2.05, 4.69) is 32.6 Å². The van der Waals surface area contributed by atoms with Crippen LogP contribution in [-0.4, -0.2) is 30.4 Å². The molecule has 0 radical (unpaired) electrons. The van der Waals surface area contributed by atoms with Crippen molar-refractivity contribution in [3.05, 3.63) is 0 Å². The van der Waals surface area contributed by atoms with Gasteiger partial charge in [0.05, 0.1) is 5.84 Å². The topological polar surface area (TPSA) is 53.1 Å². The summed E-state index contributed by atoms with van der Waals surface area (Å²) in [5, 5.41) is 7.17. The number of nitrogens with zero attached hydrogens (tertiary/aromatic N) is 1. The average Bonchev–Trinajstić information content (AvgIpc) is 2.02. The Morgan fingerprint density at radius 3 is 2.21 bits per heavy atom. The first-order valence-corrected chi connectivity index (χ1v) is 5.40. The number of amidine groups is 1. The molecule has 0 aliphatic carbocycles. The average molecular weight is 199 g/mol. The van der Waals surface area contributed by atoms with Gasteiger partial charge in [-0.2, -0.15) is 0 Å². The van der Waals surface area contributed by atoms with Crippen LogP contribution in [0.2, 0.25) is 0 Å². The summed E-state index contributed by atoms with van der Waals surface area (Å²) in [5.74, 6) is 0.291. The molecule has 0 amide bonds. The van der Waals surface area contributed by atoms with Gasteiger partial charge in [-0.3, -0.25) is 5.41 Å². The van der Waals surface area contributed by atoms with Crippen LogP contribution in [0.25, 0.3) is 0 Å². The Hall–Kier alpha value is -0.570. The third kappa shape index (κ3) is 8.05. The van der Waals surface area contributed by atoms with Gasteiger partial charge in [0, 0.05) is 13.0 Å². The molecule has 0 unspecified atom stereocenters. The van der Waals surface area contributed by atoms with Crippen LogP contribution in [0.1, 0.15) is 40.5 Å². The zero-order valence-electron chi connectivity index (χ0n) is 10.1. The smallest absolute Gasteiger partial charge is 0.0918 e. The van der Waals surface area contributed by atoms with Crippen LogP contribution in [0, 0.1) is 10.8 Å². The largest absolute Gasteiger partial charge is 0.388 e. The second kappa shape index (κ2) is 6.02. The summed E-state index contributed by atoms with van der Waals surface area (Å²) in [6.07, 6.45) is 1.89. The lowest BCUT2D eigenvalue weighted by atomic mass is 9.92. The molecule has 0 saturated heterocycles. The molecule has 14 heavy (non-hydrogen) atoms. The van der Waals surface area contributed by atoms with Crippen molar-refractivity contribution in [2.24, 2.45) is 11.1 Å². The monoisotopic (exact) mass is 199 g/mol. The standard InChI is InChI=1S/C11H25N3/c1-5-14(8-6-10(12)13)9-7-11(2,3)4/h5-9H2,1-4H3,(H3,12,13). The predicted octanol–water partition coefficient (Wildman–Crippen LogP) is 2.07. The molecule has 0 rings (SSSR count). The van der Waals surface area contributed by atoms with Crippen molar-refractivity contribution in [2.45, 2.75) is 40.5 Å². The van der Waals surface area contributed by atoms with E-state index in [1.807, 2.05) is 0 Å². The highest BCUT2D eigenvalue weighted by molar-refractivity contribution is 5.76. The van der Waals surface area contributed by atoms with E-state index in [4.69, 9.17) is 11.1 Å². The Labute approximate surface area is 88.2 Å². The van der Waals surface area contributed by atoms with E-state index in [1.165, 1.54) is 6.42 Å². The molecule has 0 aromatic heterocycles. The molecular weight excluding hydrogens is 174 g/mol. The molecule has 84 valence electrons. The van der Waals surface area contributed by atoms with E-state index >= 15 is 0 Å². The van der Waals surface area contributed by atoms with Crippen molar-refractivity contribution < 1.29 is 0 Å². The summed E-state index contributed by atoms with van der Waals surface area (Å²) in [6, 6.07) is 0. The van der Waals surface area contributed by atoms with Gasteiger partial charge in [-0.1, -0.05) is 27.7 Å². The Kier molecular flexibility index (Phi) is 5.77. The van der Waals surface area contributed by atoms with Gasteiger partial charge in [-0.05, 0) is 24.9 Å². The van der Waals surface area contributed by atoms with Crippen LogP contribution in [0.3, 0.4) is 0 Å². The third-order valence-corrected chi connectivity index (χ3v) is 2.32. The molecule has 0 spiro atoms. The fraction of sp³-hybridized carbons (Fsp3) is 0.909. The van der Waals surface area contributed by atoms with Crippen LogP contribution in [0.15, 0.2) is 0 Å². The molecule has 0 fully saturated rings. The van der Waals surface area contributed by atoms with Crippen molar-refractivity contribution in [1.82, 2.24) is 4.90 Å². The summed E-state index contributed by atoms with van der Waals surface area (Å²) < 4.78 is 0. The molecule has 0 aromatic rings. The minimum Gasteiger partial charge on any atom is -0.388 e. The van der Waals surface area contributed by atoms with Crippen molar-refractivity contribution in [3.8, 4) is 0 Å². The maximum Gasteiger partial charge on any atom is 0.0918 e. The van der Waals surface area contributed by atoms with Gasteiger partial charge in [0.25, 0.3) is 0 Å². The minimum absolute atomic E-state index is 0.291. The molecule has 0 aromatic carbocycles. The summed E-state index contributed by atoms with van der Waals surface area (Å²) >= 11 is 0. The lowest BCUT2D eigenvalue weighted by molar-refractivity contribution is 0.241. The zero-order chi connectivity index (χ0) is 11.2. The summed E-state index contributed by atoms with van der Waals surface area (Å²) in [7, 11) is 0. The van der Waals surface area contributed by atoms with E-state index in [0.29, 0.717) is 17.7 Å². The Balaban J connectivity index is 3.74. The van der Waals surface area contributed by atoms with Crippen molar-refractivity contribution >= 4 is 5.84 Å². The van der Waals surface area contributed by atoms with E-state index in [-0.39, 0.29) is 0 Å². The van der Waals surface area contributed by atoms with E-state index < -0.39 is 0 Å². The molecule has 0 saturated carbocycles. The second-order valence-electron chi connectivity index (χ2n) is 5.02. The van der Waals surface area contributed by atoms with Gasteiger partial charge in [-0.25, -0.2) is 0 Å². The van der Waals surface area contributed by atoms with E-state index in [9.17, 15) is 0 Å². The number of hydrogen-bond donors (Lipinski definition) is 2. The normalized spacial score (nSPS) is 12.1. The molecule has 0 heterocycles. The number of rotatable bonds is 6. The van der Waals surface area contributed by atoms with Gasteiger partial charge in [0.1, 0.15) is 0 Å². The summed E-state index contributed by atoms with van der Waals surface area (Å²) in [4.78, 5) is 2.35. The van der Waals surface area contributed by atoms with Gasteiger partial charge < -0.3 is 10.6 Å². The maximum absolute atomic E-state index is 7.17. The van der Waals surface area contributed by atoms with Gasteiger partial charge >= 0.3 is 0 Å². The number of hydrogen-bond acceptors (Lipinski definition) is 2. The predicted molar refractivity (Wildman–Crippen MR) is 62.7 cm³/mol. The highest BCUT2D eigenvalue weighted by atomic mass is 15.1. The molecule has 3 N–H and O–H groups in total. The Morgan fingerprint density at radius 2 is 1.86 bits per heavy atom. The first kappa shape index (κ1) is 13.4. The molecule has 0 bridgehead atoms. The fourth-order valence-electron chi connectivity index (χ4n) is 1.20. The van der Waals surface area contributed by atoms with E-state index in [0.717, 1.165) is 19.6 Å². The Morgan fingerprint density at radius 1 is 1.29 bits per heavy atom.